The number of esters is 1. The van der Waals surface area contributed by atoms with Crippen LogP contribution >= 0.6 is 0 Å². The highest BCUT2D eigenvalue weighted by Crippen LogP contribution is 2.19. The van der Waals surface area contributed by atoms with Crippen molar-refractivity contribution in [1.82, 2.24) is 0 Å². The minimum Gasteiger partial charge on any atom is -0.489 e. The van der Waals surface area contributed by atoms with Crippen LogP contribution in [-0.2, 0) is 47.4 Å². The molecular weight excluding hydrogens is 502 g/mol. The summed E-state index contributed by atoms with van der Waals surface area (Å²) >= 11 is 0. The molecule has 12 nitrogen and oxygen atoms in total. The fourth-order valence-electron chi connectivity index (χ4n) is 2.71. The number of ether oxygens (including phenoxy) is 10. The lowest BCUT2D eigenvalue weighted by Gasteiger charge is -2.09. The Kier molecular flexibility index (Phi) is 23.8. The molecule has 220 valence electrons. The SMILES string of the molecule is CC(=O)OCCOCCOCCOCCOCCOCCOCCOCCOCCOc1ccccc1N. The van der Waals surface area contributed by atoms with Crippen molar-refractivity contribution in [3.63, 3.8) is 0 Å². The highest BCUT2D eigenvalue weighted by Gasteiger charge is 1.99. The molecule has 0 saturated heterocycles. The van der Waals surface area contributed by atoms with E-state index < -0.39 is 0 Å². The molecule has 1 rings (SSSR count). The first-order valence-corrected chi connectivity index (χ1v) is 12.9. The van der Waals surface area contributed by atoms with E-state index in [1.807, 2.05) is 18.2 Å². The van der Waals surface area contributed by atoms with Gasteiger partial charge in [-0.3, -0.25) is 4.79 Å². The summed E-state index contributed by atoms with van der Waals surface area (Å²) < 4.78 is 53.5. The average Bonchev–Trinajstić information content (AvgIpc) is 2.91. The number of para-hydroxylation sites is 2. The van der Waals surface area contributed by atoms with Gasteiger partial charge < -0.3 is 53.1 Å². The van der Waals surface area contributed by atoms with E-state index in [2.05, 4.69) is 0 Å². The van der Waals surface area contributed by atoms with Crippen molar-refractivity contribution in [3.05, 3.63) is 24.3 Å². The van der Waals surface area contributed by atoms with Gasteiger partial charge in [-0.1, -0.05) is 12.1 Å². The van der Waals surface area contributed by atoms with E-state index in [4.69, 9.17) is 53.1 Å². The normalized spacial score (nSPS) is 11.1. The van der Waals surface area contributed by atoms with Gasteiger partial charge in [0.2, 0.25) is 0 Å². The third-order valence-corrected chi connectivity index (χ3v) is 4.54. The molecule has 0 fully saturated rings. The Morgan fingerprint density at radius 3 is 1.18 bits per heavy atom. The molecule has 1 aromatic rings. The first-order valence-electron chi connectivity index (χ1n) is 12.9. The molecule has 0 unspecified atom stereocenters. The van der Waals surface area contributed by atoms with Crippen LogP contribution in [-0.4, -0.2) is 125 Å². The maximum Gasteiger partial charge on any atom is 0.302 e. The van der Waals surface area contributed by atoms with E-state index in [0.717, 1.165) is 0 Å². The first kappa shape index (κ1) is 34.0. The van der Waals surface area contributed by atoms with Crippen LogP contribution < -0.4 is 10.5 Å². The Morgan fingerprint density at radius 1 is 0.526 bits per heavy atom. The van der Waals surface area contributed by atoms with E-state index in [1.54, 1.807) is 6.07 Å². The Bertz CT molecular complexity index is 666. The van der Waals surface area contributed by atoms with Crippen molar-refractivity contribution < 1.29 is 52.2 Å². The average molecular weight is 548 g/mol. The smallest absolute Gasteiger partial charge is 0.302 e. The second kappa shape index (κ2) is 26.6. The molecule has 0 aromatic heterocycles. The lowest BCUT2D eigenvalue weighted by molar-refractivity contribution is -0.142. The van der Waals surface area contributed by atoms with Crippen molar-refractivity contribution >= 4 is 11.7 Å². The molecule has 2 N–H and O–H groups in total. The first-order chi connectivity index (χ1) is 18.7. The molecule has 0 spiro atoms. The molecule has 0 aliphatic carbocycles. The van der Waals surface area contributed by atoms with Crippen LogP contribution in [0.2, 0.25) is 0 Å². The molecule has 0 bridgehead atoms. The van der Waals surface area contributed by atoms with Crippen LogP contribution in [0.3, 0.4) is 0 Å². The summed E-state index contributed by atoms with van der Waals surface area (Å²) in [5.74, 6) is 0.355. The van der Waals surface area contributed by atoms with Gasteiger partial charge in [-0.25, -0.2) is 0 Å². The quantitative estimate of drug-likeness (QED) is 0.0921. The predicted molar refractivity (Wildman–Crippen MR) is 140 cm³/mol. The van der Waals surface area contributed by atoms with Gasteiger partial charge in [-0.2, -0.15) is 0 Å². The van der Waals surface area contributed by atoms with Gasteiger partial charge in [0, 0.05) is 6.92 Å². The summed E-state index contributed by atoms with van der Waals surface area (Å²) in [7, 11) is 0. The molecule has 0 aliphatic rings. The van der Waals surface area contributed by atoms with Crippen molar-refractivity contribution in [1.29, 1.82) is 0 Å². The number of carbonyl (C=O) groups is 1. The zero-order chi connectivity index (χ0) is 27.4. The van der Waals surface area contributed by atoms with Gasteiger partial charge in [0.15, 0.2) is 0 Å². The second-order valence-corrected chi connectivity index (χ2v) is 7.63. The van der Waals surface area contributed by atoms with E-state index in [1.165, 1.54) is 6.92 Å². The number of benzene rings is 1. The Balaban J connectivity index is 1.65. The molecule has 0 aliphatic heterocycles. The summed E-state index contributed by atoms with van der Waals surface area (Å²) in [4.78, 5) is 10.6. The van der Waals surface area contributed by atoms with Crippen LogP contribution in [0.1, 0.15) is 6.92 Å². The summed E-state index contributed by atoms with van der Waals surface area (Å²) in [6.45, 7) is 9.75. The van der Waals surface area contributed by atoms with Crippen LogP contribution in [0.25, 0.3) is 0 Å². The number of hydrogen-bond acceptors (Lipinski definition) is 12. The van der Waals surface area contributed by atoms with Crippen molar-refractivity contribution in [2.45, 2.75) is 6.92 Å². The summed E-state index contributed by atoms with van der Waals surface area (Å²) in [5, 5.41) is 0. The van der Waals surface area contributed by atoms with Gasteiger partial charge in [0.05, 0.1) is 111 Å². The third-order valence-electron chi connectivity index (χ3n) is 4.54. The topological polar surface area (TPSA) is 135 Å². The molecule has 0 saturated carbocycles. The van der Waals surface area contributed by atoms with Crippen molar-refractivity contribution in [2.75, 3.05) is 125 Å². The monoisotopic (exact) mass is 547 g/mol. The largest absolute Gasteiger partial charge is 0.489 e. The number of nitrogens with two attached hydrogens (primary N) is 1. The Labute approximate surface area is 225 Å². The minimum atomic E-state index is -0.311. The van der Waals surface area contributed by atoms with Gasteiger partial charge in [0.25, 0.3) is 0 Å². The highest BCUT2D eigenvalue weighted by molar-refractivity contribution is 5.65. The van der Waals surface area contributed by atoms with Gasteiger partial charge >= 0.3 is 5.97 Å². The second-order valence-electron chi connectivity index (χ2n) is 7.63. The lowest BCUT2D eigenvalue weighted by atomic mass is 10.3. The number of anilines is 1. The maximum absolute atomic E-state index is 10.6. The molecule has 0 radical (unpaired) electrons. The van der Waals surface area contributed by atoms with Crippen LogP contribution in [0, 0.1) is 0 Å². The van der Waals surface area contributed by atoms with Crippen molar-refractivity contribution in [3.8, 4) is 5.75 Å². The molecule has 0 amide bonds. The highest BCUT2D eigenvalue weighted by atomic mass is 16.6. The molecule has 0 atom stereocenters. The summed E-state index contributed by atoms with van der Waals surface area (Å²) in [5.41, 5.74) is 6.42. The predicted octanol–water partition coefficient (Wildman–Crippen LogP) is 1.34. The summed E-state index contributed by atoms with van der Waals surface area (Å²) in [6, 6.07) is 7.36. The number of nitrogen functional groups attached to an aromatic ring is 1. The van der Waals surface area contributed by atoms with E-state index in [9.17, 15) is 4.79 Å². The zero-order valence-corrected chi connectivity index (χ0v) is 22.6. The molecule has 1 aromatic carbocycles. The van der Waals surface area contributed by atoms with Crippen LogP contribution in [0.4, 0.5) is 5.69 Å². The van der Waals surface area contributed by atoms with Crippen LogP contribution in [0.15, 0.2) is 24.3 Å². The van der Waals surface area contributed by atoms with Crippen LogP contribution in [0.5, 0.6) is 5.75 Å². The fourth-order valence-corrected chi connectivity index (χ4v) is 2.71. The fraction of sp³-hybridized carbons (Fsp3) is 0.731. The summed E-state index contributed by atoms with van der Waals surface area (Å²) in [6.07, 6.45) is 0. The van der Waals surface area contributed by atoms with Gasteiger partial charge in [-0.15, -0.1) is 0 Å². The van der Waals surface area contributed by atoms with Gasteiger partial charge in [0.1, 0.15) is 19.0 Å². The molecule has 38 heavy (non-hydrogen) atoms. The molecule has 0 heterocycles. The van der Waals surface area contributed by atoms with E-state index in [-0.39, 0.29) is 12.6 Å². The number of hydrogen-bond donors (Lipinski definition) is 1. The Hall–Kier alpha value is -2.03. The Morgan fingerprint density at radius 2 is 0.842 bits per heavy atom. The lowest BCUT2D eigenvalue weighted by Crippen LogP contribution is -2.15. The zero-order valence-electron chi connectivity index (χ0n) is 22.6. The van der Waals surface area contributed by atoms with E-state index >= 15 is 0 Å². The van der Waals surface area contributed by atoms with E-state index in [0.29, 0.717) is 124 Å². The number of carbonyl (C=O) groups excluding carboxylic acids is 1. The molecule has 12 heteroatoms. The number of rotatable bonds is 28. The van der Waals surface area contributed by atoms with Gasteiger partial charge in [-0.05, 0) is 12.1 Å². The minimum absolute atomic E-state index is 0.259. The van der Waals surface area contributed by atoms with Crippen molar-refractivity contribution in [2.24, 2.45) is 0 Å². The maximum atomic E-state index is 10.6. The third kappa shape index (κ3) is 23.1. The molecular formula is C26H45NO11. The standard InChI is InChI=1S/C26H45NO11/c1-24(28)37-22-20-35-18-16-33-14-12-31-10-8-29-6-7-30-9-11-32-13-15-34-17-19-36-21-23-38-26-5-3-2-4-25(26)27/h2-5H,6-23,27H2,1H3.